The molecule has 2 N–H and O–H groups in total. The van der Waals surface area contributed by atoms with Crippen molar-refractivity contribution in [2.45, 2.75) is 32.7 Å². The highest BCUT2D eigenvalue weighted by Crippen LogP contribution is 2.28. The Kier molecular flexibility index (Phi) is 6.16. The van der Waals surface area contributed by atoms with Crippen molar-refractivity contribution < 1.29 is 14.1 Å². The van der Waals surface area contributed by atoms with Crippen LogP contribution in [0, 0.1) is 5.92 Å². The van der Waals surface area contributed by atoms with Gasteiger partial charge in [-0.25, -0.2) is 0 Å². The van der Waals surface area contributed by atoms with E-state index in [1.807, 2.05) is 12.1 Å². The maximum absolute atomic E-state index is 11.5. The van der Waals surface area contributed by atoms with Crippen molar-refractivity contribution in [1.82, 2.24) is 5.32 Å². The van der Waals surface area contributed by atoms with Gasteiger partial charge in [0.15, 0.2) is 0 Å². The van der Waals surface area contributed by atoms with Crippen LogP contribution in [0.2, 0.25) is 0 Å². The third-order valence-electron chi connectivity index (χ3n) is 4.62. The molecular weight excluding hydrogens is 290 g/mol. The Bertz CT molecular complexity index is 530. The number of rotatable bonds is 8. The molecule has 1 aliphatic rings. The van der Waals surface area contributed by atoms with E-state index in [4.69, 9.17) is 0 Å². The highest BCUT2D eigenvalue weighted by Gasteiger charge is 2.33. The Labute approximate surface area is 138 Å². The summed E-state index contributed by atoms with van der Waals surface area (Å²) >= 11 is 0. The fourth-order valence-electron chi connectivity index (χ4n) is 3.56. The lowest BCUT2D eigenvalue weighted by Gasteiger charge is -2.30. The van der Waals surface area contributed by atoms with Crippen LogP contribution in [-0.4, -0.2) is 43.5 Å². The van der Waals surface area contributed by atoms with E-state index in [0.717, 1.165) is 22.6 Å². The van der Waals surface area contributed by atoms with Gasteiger partial charge in [0.2, 0.25) is 12.3 Å². The van der Waals surface area contributed by atoms with E-state index in [0.29, 0.717) is 6.41 Å². The molecule has 2 amide bonds. The number of nitrogens with one attached hydrogen (secondary N) is 2. The molecule has 5 heteroatoms. The highest BCUT2D eigenvalue weighted by molar-refractivity contribution is 5.93. The van der Waals surface area contributed by atoms with Gasteiger partial charge in [0.1, 0.15) is 6.54 Å². The Morgan fingerprint density at radius 3 is 2.74 bits per heavy atom. The number of hydrogen-bond donors (Lipinski definition) is 2. The van der Waals surface area contributed by atoms with Gasteiger partial charge in [0.05, 0.1) is 26.7 Å². The number of likely N-dealkylation sites (tertiary alicyclic amines) is 1. The average Bonchev–Trinajstić information content (AvgIpc) is 2.88. The summed E-state index contributed by atoms with van der Waals surface area (Å²) in [6.45, 7) is 5.82. The Morgan fingerprint density at radius 1 is 1.35 bits per heavy atom. The largest absolute Gasteiger partial charge is 0.350 e. The summed E-state index contributed by atoms with van der Waals surface area (Å²) < 4.78 is 1.11. The summed E-state index contributed by atoms with van der Waals surface area (Å²) in [4.78, 5) is 21.7. The third kappa shape index (κ3) is 5.36. The van der Waals surface area contributed by atoms with Gasteiger partial charge in [-0.2, -0.15) is 0 Å². The molecule has 1 unspecified atom stereocenters. The van der Waals surface area contributed by atoms with Crippen molar-refractivity contribution in [1.29, 1.82) is 0 Å². The van der Waals surface area contributed by atoms with Crippen LogP contribution in [0.4, 0.5) is 5.69 Å². The number of anilines is 1. The third-order valence-corrected chi connectivity index (χ3v) is 4.62. The summed E-state index contributed by atoms with van der Waals surface area (Å²) in [5, 5.41) is 5.12. The van der Waals surface area contributed by atoms with Crippen molar-refractivity contribution in [2.75, 3.05) is 32.0 Å². The quantitative estimate of drug-likeness (QED) is 0.570. The Morgan fingerprint density at radius 2 is 2.09 bits per heavy atom. The molecular formula is C18H28N3O2+. The minimum atomic E-state index is -0.217. The number of nitrogens with zero attached hydrogens (tertiary/aromatic N) is 1. The van der Waals surface area contributed by atoms with E-state index >= 15 is 0 Å². The molecule has 0 aromatic heterocycles. The van der Waals surface area contributed by atoms with Gasteiger partial charge in [0.25, 0.3) is 0 Å². The van der Waals surface area contributed by atoms with Gasteiger partial charge in [-0.1, -0.05) is 25.5 Å². The summed E-state index contributed by atoms with van der Waals surface area (Å²) in [7, 11) is 2.34. The van der Waals surface area contributed by atoms with E-state index in [-0.39, 0.29) is 12.5 Å². The molecule has 1 aromatic carbocycles. The normalized spacial score (nSPS) is 23.5. The molecule has 5 nitrogen and oxygen atoms in total. The fourth-order valence-corrected chi connectivity index (χ4v) is 3.56. The zero-order valence-electron chi connectivity index (χ0n) is 14.2. The van der Waals surface area contributed by atoms with Crippen molar-refractivity contribution in [2.24, 2.45) is 5.92 Å². The second-order valence-electron chi connectivity index (χ2n) is 6.87. The lowest BCUT2D eigenvalue weighted by atomic mass is 10.0. The summed E-state index contributed by atoms with van der Waals surface area (Å²) in [6, 6.07) is 8.03. The number of carbonyl (C=O) groups excluding carboxylic acids is 2. The maximum Gasteiger partial charge on any atom is 0.243 e. The monoisotopic (exact) mass is 318 g/mol. The summed E-state index contributed by atoms with van der Waals surface area (Å²) in [5.74, 6) is 0.652. The fraction of sp³-hybridized carbons (Fsp3) is 0.556. The molecule has 0 bridgehead atoms. The number of quaternary nitrogens is 1. The minimum absolute atomic E-state index is 0.000964. The molecule has 1 fully saturated rings. The zero-order valence-corrected chi connectivity index (χ0v) is 14.2. The van der Waals surface area contributed by atoms with Gasteiger partial charge in [0, 0.05) is 23.6 Å². The number of hydrogen-bond acceptors (Lipinski definition) is 2. The van der Waals surface area contributed by atoms with Gasteiger partial charge >= 0.3 is 0 Å². The summed E-state index contributed by atoms with van der Waals surface area (Å²) in [5.41, 5.74) is 2.06. The lowest BCUT2D eigenvalue weighted by Crippen LogP contribution is -2.40. The van der Waals surface area contributed by atoms with Gasteiger partial charge in [-0.15, -0.1) is 0 Å². The first-order valence-electron chi connectivity index (χ1n) is 8.44. The van der Waals surface area contributed by atoms with E-state index in [1.165, 1.54) is 37.9 Å². The minimum Gasteiger partial charge on any atom is -0.350 e. The van der Waals surface area contributed by atoms with Gasteiger partial charge < -0.3 is 15.1 Å². The van der Waals surface area contributed by atoms with Crippen LogP contribution in [0.15, 0.2) is 24.3 Å². The molecule has 0 spiro atoms. The first-order valence-corrected chi connectivity index (χ1v) is 8.44. The highest BCUT2D eigenvalue weighted by atomic mass is 16.2. The Balaban J connectivity index is 1.87. The first kappa shape index (κ1) is 17.5. The van der Waals surface area contributed by atoms with E-state index in [9.17, 15) is 9.59 Å². The maximum atomic E-state index is 11.5. The molecule has 0 aliphatic carbocycles. The Hall–Kier alpha value is -1.88. The molecule has 0 radical (unpaired) electrons. The number of carbonyl (C=O) groups is 2. The molecule has 23 heavy (non-hydrogen) atoms. The molecule has 2 atom stereocenters. The van der Waals surface area contributed by atoms with Crippen LogP contribution >= 0.6 is 0 Å². The predicted octanol–water partition coefficient (Wildman–Crippen LogP) is 2.14. The summed E-state index contributed by atoms with van der Waals surface area (Å²) in [6.07, 6.45) is 4.47. The second-order valence-corrected chi connectivity index (χ2v) is 6.87. The van der Waals surface area contributed by atoms with Gasteiger partial charge in [-0.05, 0) is 18.6 Å². The van der Waals surface area contributed by atoms with Crippen LogP contribution in [-0.2, 0) is 16.1 Å². The van der Waals surface area contributed by atoms with Crippen LogP contribution < -0.4 is 10.6 Å². The molecule has 0 saturated carbocycles. The average molecular weight is 318 g/mol. The van der Waals surface area contributed by atoms with E-state index < -0.39 is 0 Å². The molecule has 1 saturated heterocycles. The molecule has 126 valence electrons. The van der Waals surface area contributed by atoms with Crippen molar-refractivity contribution in [3.8, 4) is 0 Å². The molecule has 2 rings (SSSR count). The van der Waals surface area contributed by atoms with E-state index in [1.54, 1.807) is 0 Å². The van der Waals surface area contributed by atoms with Crippen LogP contribution in [0.1, 0.15) is 31.7 Å². The van der Waals surface area contributed by atoms with Crippen LogP contribution in [0.5, 0.6) is 0 Å². The van der Waals surface area contributed by atoms with Gasteiger partial charge in [-0.3, -0.25) is 9.59 Å². The van der Waals surface area contributed by atoms with Crippen LogP contribution in [0.3, 0.4) is 0 Å². The van der Waals surface area contributed by atoms with E-state index in [2.05, 4.69) is 36.7 Å². The second kappa shape index (κ2) is 8.11. The molecule has 1 aromatic rings. The topological polar surface area (TPSA) is 58.2 Å². The zero-order chi connectivity index (χ0) is 16.7. The molecule has 1 aliphatic heterocycles. The standard InChI is InChI=1S/C18H27N3O2/c1-3-4-15-9-10-21(2,12-15)13-16-5-7-17(8-6-16)20-18(23)11-19-14-22/h5-8,14-15H,3-4,9-13H2,1-2H3,(H-,19,20,22,23)/p+1/t15-,21?/m1/s1. The molecule has 1 heterocycles. The first-order chi connectivity index (χ1) is 11.0. The lowest BCUT2D eigenvalue weighted by molar-refractivity contribution is -0.912. The predicted molar refractivity (Wildman–Crippen MR) is 91.8 cm³/mol. The van der Waals surface area contributed by atoms with Crippen molar-refractivity contribution in [3.05, 3.63) is 29.8 Å². The number of benzene rings is 1. The number of amides is 2. The van der Waals surface area contributed by atoms with Crippen LogP contribution in [0.25, 0.3) is 0 Å². The van der Waals surface area contributed by atoms with Crippen molar-refractivity contribution in [3.63, 3.8) is 0 Å². The SMILES string of the molecule is CCC[C@@H]1CC[N+](C)(Cc2ccc(NC(=O)CNC=O)cc2)C1. The van der Waals surface area contributed by atoms with Crippen molar-refractivity contribution >= 4 is 18.0 Å². The smallest absolute Gasteiger partial charge is 0.243 e.